The fourth-order valence-corrected chi connectivity index (χ4v) is 2.26. The van der Waals surface area contributed by atoms with Crippen LogP contribution in [0.15, 0.2) is 24.3 Å². The van der Waals surface area contributed by atoms with Gasteiger partial charge in [-0.05, 0) is 18.1 Å². The SMILES string of the molecule is CNC(=O)CN(C)C(=O)COC(=O)[C@@H](NC(=O)c1ccccc1OC)C(C)C. The predicted molar refractivity (Wildman–Crippen MR) is 102 cm³/mol. The van der Waals surface area contributed by atoms with E-state index < -0.39 is 30.4 Å². The second-order valence-corrected chi connectivity index (χ2v) is 6.43. The topological polar surface area (TPSA) is 114 Å². The Morgan fingerprint density at radius 3 is 2.36 bits per heavy atom. The summed E-state index contributed by atoms with van der Waals surface area (Å²) in [5.41, 5.74) is 0.282. The Kier molecular flexibility index (Phi) is 8.94. The number of nitrogens with one attached hydrogen (secondary N) is 2. The van der Waals surface area contributed by atoms with Crippen molar-refractivity contribution in [2.45, 2.75) is 19.9 Å². The zero-order chi connectivity index (χ0) is 21.3. The molecule has 0 radical (unpaired) electrons. The maximum Gasteiger partial charge on any atom is 0.329 e. The van der Waals surface area contributed by atoms with Crippen molar-refractivity contribution in [3.8, 4) is 5.75 Å². The Morgan fingerprint density at radius 1 is 1.14 bits per heavy atom. The van der Waals surface area contributed by atoms with E-state index in [1.54, 1.807) is 38.1 Å². The van der Waals surface area contributed by atoms with E-state index in [0.29, 0.717) is 5.75 Å². The summed E-state index contributed by atoms with van der Waals surface area (Å²) in [4.78, 5) is 49.3. The molecule has 1 atom stereocenters. The number of ether oxygens (including phenoxy) is 2. The fraction of sp³-hybridized carbons (Fsp3) is 0.474. The first-order valence-corrected chi connectivity index (χ1v) is 8.76. The van der Waals surface area contributed by atoms with Gasteiger partial charge in [0, 0.05) is 14.1 Å². The number of carbonyl (C=O) groups is 4. The number of methoxy groups -OCH3 is 1. The second-order valence-electron chi connectivity index (χ2n) is 6.43. The summed E-state index contributed by atoms with van der Waals surface area (Å²) in [6.45, 7) is 2.81. The van der Waals surface area contributed by atoms with Gasteiger partial charge in [-0.2, -0.15) is 0 Å². The second kappa shape index (κ2) is 10.9. The molecule has 9 heteroatoms. The molecule has 0 saturated heterocycles. The van der Waals surface area contributed by atoms with Crippen molar-refractivity contribution in [1.82, 2.24) is 15.5 Å². The molecule has 0 fully saturated rings. The van der Waals surface area contributed by atoms with E-state index in [-0.39, 0.29) is 23.9 Å². The number of para-hydroxylation sites is 1. The first-order valence-electron chi connectivity index (χ1n) is 8.76. The van der Waals surface area contributed by atoms with E-state index in [4.69, 9.17) is 9.47 Å². The minimum absolute atomic E-state index is 0.148. The number of hydrogen-bond donors (Lipinski definition) is 2. The molecule has 9 nitrogen and oxygen atoms in total. The molecule has 0 spiro atoms. The highest BCUT2D eigenvalue weighted by atomic mass is 16.5. The monoisotopic (exact) mass is 393 g/mol. The molecule has 0 aromatic heterocycles. The van der Waals surface area contributed by atoms with Crippen LogP contribution in [0.5, 0.6) is 5.75 Å². The van der Waals surface area contributed by atoms with Crippen molar-refractivity contribution in [2.75, 3.05) is 34.4 Å². The number of nitrogens with zero attached hydrogens (tertiary/aromatic N) is 1. The maximum absolute atomic E-state index is 12.5. The van der Waals surface area contributed by atoms with E-state index in [2.05, 4.69) is 10.6 Å². The third-order valence-corrected chi connectivity index (χ3v) is 3.98. The van der Waals surface area contributed by atoms with Gasteiger partial charge in [0.2, 0.25) is 5.91 Å². The lowest BCUT2D eigenvalue weighted by molar-refractivity contribution is -0.154. The standard InChI is InChI=1S/C19H27N3O6/c1-12(2)17(21-18(25)13-8-6-7-9-14(13)27-5)19(26)28-11-16(24)22(4)10-15(23)20-3/h6-9,12,17H,10-11H2,1-5H3,(H,20,23)(H,21,25)/t17-/m0/s1. The van der Waals surface area contributed by atoms with Crippen LogP contribution in [0.25, 0.3) is 0 Å². The van der Waals surface area contributed by atoms with Crippen LogP contribution < -0.4 is 15.4 Å². The predicted octanol–water partition coefficient (Wildman–Crippen LogP) is 0.197. The lowest BCUT2D eigenvalue weighted by Gasteiger charge is -2.22. The summed E-state index contributed by atoms with van der Waals surface area (Å²) in [5.74, 6) is -2.00. The molecule has 0 aliphatic rings. The minimum Gasteiger partial charge on any atom is -0.496 e. The molecule has 1 aromatic carbocycles. The third-order valence-electron chi connectivity index (χ3n) is 3.98. The van der Waals surface area contributed by atoms with E-state index >= 15 is 0 Å². The highest BCUT2D eigenvalue weighted by Crippen LogP contribution is 2.17. The Balaban J connectivity index is 2.72. The number of likely N-dealkylation sites (N-methyl/N-ethyl adjacent to an activating group) is 2. The molecule has 1 rings (SSSR count). The molecular formula is C19H27N3O6. The van der Waals surface area contributed by atoms with Crippen LogP contribution in [0.4, 0.5) is 0 Å². The molecule has 1 aromatic rings. The van der Waals surface area contributed by atoms with Gasteiger partial charge in [-0.15, -0.1) is 0 Å². The number of rotatable bonds is 9. The Hall–Kier alpha value is -3.10. The molecule has 0 bridgehead atoms. The number of amides is 3. The molecular weight excluding hydrogens is 366 g/mol. The molecule has 3 amide bonds. The number of carbonyl (C=O) groups excluding carboxylic acids is 4. The van der Waals surface area contributed by atoms with Gasteiger partial charge in [-0.3, -0.25) is 14.4 Å². The van der Waals surface area contributed by atoms with Crippen molar-refractivity contribution < 1.29 is 28.7 Å². The Morgan fingerprint density at radius 2 is 1.79 bits per heavy atom. The van der Waals surface area contributed by atoms with Crippen LogP contribution in [-0.4, -0.2) is 69.0 Å². The molecule has 154 valence electrons. The van der Waals surface area contributed by atoms with Crippen molar-refractivity contribution in [3.63, 3.8) is 0 Å². The molecule has 0 aliphatic carbocycles. The quantitative estimate of drug-likeness (QED) is 0.579. The Bertz CT molecular complexity index is 719. The number of esters is 1. The smallest absolute Gasteiger partial charge is 0.329 e. The Labute approximate surface area is 164 Å². The molecule has 28 heavy (non-hydrogen) atoms. The fourth-order valence-electron chi connectivity index (χ4n) is 2.26. The summed E-state index contributed by atoms with van der Waals surface area (Å²) in [5, 5.41) is 5.02. The molecule has 0 saturated carbocycles. The summed E-state index contributed by atoms with van der Waals surface area (Å²) >= 11 is 0. The molecule has 0 heterocycles. The zero-order valence-corrected chi connectivity index (χ0v) is 16.8. The first-order chi connectivity index (χ1) is 13.2. The summed E-state index contributed by atoms with van der Waals surface area (Å²) in [6, 6.07) is 5.67. The van der Waals surface area contributed by atoms with Gasteiger partial charge in [-0.25, -0.2) is 4.79 Å². The van der Waals surface area contributed by atoms with Crippen LogP contribution in [0.3, 0.4) is 0 Å². The van der Waals surface area contributed by atoms with Gasteiger partial charge in [0.05, 0.1) is 19.2 Å². The number of benzene rings is 1. The van der Waals surface area contributed by atoms with E-state index in [1.165, 1.54) is 21.2 Å². The molecule has 2 N–H and O–H groups in total. The van der Waals surface area contributed by atoms with Gasteiger partial charge < -0.3 is 25.0 Å². The minimum atomic E-state index is -0.950. The van der Waals surface area contributed by atoms with Gasteiger partial charge in [0.25, 0.3) is 11.8 Å². The summed E-state index contributed by atoms with van der Waals surface area (Å²) in [7, 11) is 4.33. The maximum atomic E-state index is 12.5. The van der Waals surface area contributed by atoms with Gasteiger partial charge in [-0.1, -0.05) is 26.0 Å². The summed E-state index contributed by atoms with van der Waals surface area (Å²) in [6.07, 6.45) is 0. The molecule has 0 unspecified atom stereocenters. The van der Waals surface area contributed by atoms with Crippen LogP contribution in [0, 0.1) is 5.92 Å². The highest BCUT2D eigenvalue weighted by molar-refractivity contribution is 5.99. The first kappa shape index (κ1) is 22.9. The van der Waals surface area contributed by atoms with Gasteiger partial charge in [0.1, 0.15) is 11.8 Å². The van der Waals surface area contributed by atoms with Crippen molar-refractivity contribution in [1.29, 1.82) is 0 Å². The third kappa shape index (κ3) is 6.57. The van der Waals surface area contributed by atoms with E-state index in [9.17, 15) is 19.2 Å². The zero-order valence-electron chi connectivity index (χ0n) is 16.8. The summed E-state index contributed by atoms with van der Waals surface area (Å²) < 4.78 is 10.2. The van der Waals surface area contributed by atoms with Crippen LogP contribution >= 0.6 is 0 Å². The van der Waals surface area contributed by atoms with Crippen molar-refractivity contribution >= 4 is 23.7 Å². The van der Waals surface area contributed by atoms with Gasteiger partial charge >= 0.3 is 5.97 Å². The van der Waals surface area contributed by atoms with Crippen LogP contribution in [0.1, 0.15) is 24.2 Å². The average molecular weight is 393 g/mol. The van der Waals surface area contributed by atoms with Crippen LogP contribution in [0.2, 0.25) is 0 Å². The van der Waals surface area contributed by atoms with Crippen molar-refractivity contribution in [2.24, 2.45) is 5.92 Å². The van der Waals surface area contributed by atoms with Crippen LogP contribution in [-0.2, 0) is 19.1 Å². The average Bonchev–Trinajstić information content (AvgIpc) is 2.68. The number of hydrogen-bond acceptors (Lipinski definition) is 6. The van der Waals surface area contributed by atoms with E-state index in [0.717, 1.165) is 4.90 Å². The lowest BCUT2D eigenvalue weighted by atomic mass is 10.0. The van der Waals surface area contributed by atoms with Crippen molar-refractivity contribution in [3.05, 3.63) is 29.8 Å². The normalized spacial score (nSPS) is 11.4. The highest BCUT2D eigenvalue weighted by Gasteiger charge is 2.28. The largest absolute Gasteiger partial charge is 0.496 e. The molecule has 0 aliphatic heterocycles. The van der Waals surface area contributed by atoms with Gasteiger partial charge in [0.15, 0.2) is 6.61 Å². The lowest BCUT2D eigenvalue weighted by Crippen LogP contribution is -2.46. The van der Waals surface area contributed by atoms with E-state index in [1.807, 2.05) is 0 Å².